The first-order valence-electron chi connectivity index (χ1n) is 11.7. The number of benzene rings is 2. The van der Waals surface area contributed by atoms with E-state index in [2.05, 4.69) is 23.1 Å². The molecule has 2 aromatic heterocycles. The molecule has 0 spiro atoms. The van der Waals surface area contributed by atoms with E-state index in [1.807, 2.05) is 4.68 Å². The highest BCUT2D eigenvalue weighted by Crippen LogP contribution is 2.57. The molecule has 2 saturated carbocycles. The zero-order valence-corrected chi connectivity index (χ0v) is 18.5. The fourth-order valence-corrected chi connectivity index (χ4v) is 6.00. The van der Waals surface area contributed by atoms with Crippen molar-refractivity contribution in [3.8, 4) is 29.4 Å². The minimum atomic E-state index is -0.573. The Morgan fingerprint density at radius 2 is 1.97 bits per heavy atom. The Kier molecular flexibility index (Phi) is 3.97. The Morgan fingerprint density at radius 3 is 2.68 bits per heavy atom. The normalized spacial score (nSPS) is 27.2. The SMILES string of the molecule is C#Cc1c(F)ccc2cc(O)cc(-c3ncc4c(C5C6CNC[C@@H]65)nn(C5C[C@@H]5C)c4c3F)c12. The van der Waals surface area contributed by atoms with Crippen LogP contribution in [0.5, 0.6) is 5.75 Å². The van der Waals surface area contributed by atoms with E-state index >= 15 is 4.39 Å². The van der Waals surface area contributed by atoms with Crippen LogP contribution in [0.3, 0.4) is 0 Å². The molecule has 5 atom stereocenters. The molecule has 5 nitrogen and oxygen atoms in total. The fraction of sp³-hybridized carbons (Fsp3) is 0.333. The van der Waals surface area contributed by atoms with E-state index in [9.17, 15) is 9.50 Å². The van der Waals surface area contributed by atoms with Crippen molar-refractivity contribution in [2.24, 2.45) is 17.8 Å². The van der Waals surface area contributed by atoms with Crippen LogP contribution < -0.4 is 5.32 Å². The molecular weight excluding hydrogens is 434 g/mol. The molecule has 7 heteroatoms. The molecule has 3 heterocycles. The van der Waals surface area contributed by atoms with Gasteiger partial charge in [-0.05, 0) is 60.8 Å². The summed E-state index contributed by atoms with van der Waals surface area (Å²) in [6.07, 6.45) is 8.26. The van der Waals surface area contributed by atoms with Crippen LogP contribution in [0.2, 0.25) is 0 Å². The van der Waals surface area contributed by atoms with Crippen LogP contribution in [-0.4, -0.2) is 33.0 Å². The average molecular weight is 456 g/mol. The summed E-state index contributed by atoms with van der Waals surface area (Å²) in [5, 5.41) is 20.3. The van der Waals surface area contributed by atoms with Crippen LogP contribution in [0, 0.1) is 41.7 Å². The Bertz CT molecular complexity index is 1560. The number of nitrogens with zero attached hydrogens (tertiary/aromatic N) is 3. The van der Waals surface area contributed by atoms with Gasteiger partial charge in [-0.1, -0.05) is 18.9 Å². The molecule has 3 aliphatic rings. The van der Waals surface area contributed by atoms with Gasteiger partial charge in [0.1, 0.15) is 22.8 Å². The Morgan fingerprint density at radius 1 is 1.21 bits per heavy atom. The third-order valence-corrected chi connectivity index (χ3v) is 7.95. The van der Waals surface area contributed by atoms with Gasteiger partial charge < -0.3 is 10.4 Å². The predicted octanol–water partition coefficient (Wildman–Crippen LogP) is 4.73. The number of nitrogens with one attached hydrogen (secondary N) is 1. The summed E-state index contributed by atoms with van der Waals surface area (Å²) in [6, 6.07) is 5.82. The number of halogens is 2. The first kappa shape index (κ1) is 19.9. The van der Waals surface area contributed by atoms with Crippen LogP contribution in [0.15, 0.2) is 30.5 Å². The van der Waals surface area contributed by atoms with Crippen molar-refractivity contribution in [2.75, 3.05) is 13.1 Å². The maximum Gasteiger partial charge on any atom is 0.175 e. The molecule has 0 amide bonds. The van der Waals surface area contributed by atoms with Gasteiger partial charge in [0.05, 0.1) is 17.3 Å². The van der Waals surface area contributed by atoms with Crippen molar-refractivity contribution >= 4 is 21.7 Å². The van der Waals surface area contributed by atoms with Crippen molar-refractivity contribution in [2.45, 2.75) is 25.3 Å². The van der Waals surface area contributed by atoms with Crippen LogP contribution >= 0.6 is 0 Å². The molecule has 2 aromatic carbocycles. The number of aromatic hydroxyl groups is 1. The number of phenolic OH excluding ortho intramolecular Hbond substituents is 1. The number of piperidine rings is 1. The Labute approximate surface area is 194 Å². The number of pyridine rings is 1. The van der Waals surface area contributed by atoms with Crippen molar-refractivity contribution in [1.29, 1.82) is 0 Å². The number of hydrogen-bond acceptors (Lipinski definition) is 4. The van der Waals surface area contributed by atoms with Gasteiger partial charge in [0.15, 0.2) is 5.82 Å². The molecule has 1 saturated heterocycles. The molecule has 34 heavy (non-hydrogen) atoms. The molecular formula is C27H22F2N4O. The van der Waals surface area contributed by atoms with Gasteiger partial charge in [0.2, 0.25) is 0 Å². The third kappa shape index (κ3) is 2.63. The number of hydrogen-bond donors (Lipinski definition) is 2. The Balaban J connectivity index is 1.50. The van der Waals surface area contributed by atoms with E-state index in [1.54, 1.807) is 6.20 Å². The molecule has 3 fully saturated rings. The smallest absolute Gasteiger partial charge is 0.175 e. The highest BCUT2D eigenvalue weighted by atomic mass is 19.1. The van der Waals surface area contributed by atoms with E-state index in [-0.39, 0.29) is 28.6 Å². The van der Waals surface area contributed by atoms with Gasteiger partial charge in [-0.25, -0.2) is 8.78 Å². The van der Waals surface area contributed by atoms with Crippen molar-refractivity contribution < 1.29 is 13.9 Å². The lowest BCUT2D eigenvalue weighted by atomic mass is 9.95. The number of phenols is 1. The summed E-state index contributed by atoms with van der Waals surface area (Å²) in [7, 11) is 0. The minimum absolute atomic E-state index is 0.0251. The second-order valence-electron chi connectivity index (χ2n) is 9.96. The molecule has 170 valence electrons. The van der Waals surface area contributed by atoms with Gasteiger partial charge in [-0.3, -0.25) is 9.67 Å². The first-order chi connectivity index (χ1) is 16.5. The molecule has 2 N–H and O–H groups in total. The lowest BCUT2D eigenvalue weighted by Crippen LogP contribution is -2.14. The van der Waals surface area contributed by atoms with E-state index in [4.69, 9.17) is 11.5 Å². The number of fused-ring (bicyclic) bond motifs is 3. The van der Waals surface area contributed by atoms with Crippen molar-refractivity contribution in [3.63, 3.8) is 0 Å². The van der Waals surface area contributed by atoms with Crippen molar-refractivity contribution in [3.05, 3.63) is 53.4 Å². The summed E-state index contributed by atoms with van der Waals surface area (Å²) in [5.41, 5.74) is 1.70. The quantitative estimate of drug-likeness (QED) is 0.438. The van der Waals surface area contributed by atoms with Crippen LogP contribution in [0.4, 0.5) is 8.78 Å². The standard InChI is InChI=1S/C27H22F2N4O/c1-3-15-20(28)5-4-13-7-14(34)8-16(22(13)15)26-24(29)27-19(11-31-26)25(23-17-9-30-10-18(17)23)32-33(27)21-6-12(21)2/h1,4-5,7-8,11-12,17-18,21,23,30,34H,6,9-10H2,2H3/t12-,17-,18?,21?,23?/m0/s1. The average Bonchev–Trinajstić information content (AvgIpc) is 3.58. The molecule has 0 radical (unpaired) electrons. The van der Waals surface area contributed by atoms with E-state index < -0.39 is 11.6 Å². The number of rotatable bonds is 3. The summed E-state index contributed by atoms with van der Waals surface area (Å²) in [6.45, 7) is 4.07. The van der Waals surface area contributed by atoms with Gasteiger partial charge in [0.25, 0.3) is 0 Å². The van der Waals surface area contributed by atoms with E-state index in [0.717, 1.165) is 30.6 Å². The number of aromatic nitrogens is 3. The van der Waals surface area contributed by atoms with Crippen LogP contribution in [-0.2, 0) is 0 Å². The number of terminal acetylenes is 1. The predicted molar refractivity (Wildman–Crippen MR) is 125 cm³/mol. The summed E-state index contributed by atoms with van der Waals surface area (Å²) < 4.78 is 32.8. The van der Waals surface area contributed by atoms with E-state index in [1.165, 1.54) is 24.3 Å². The monoisotopic (exact) mass is 456 g/mol. The largest absolute Gasteiger partial charge is 0.508 e. The van der Waals surface area contributed by atoms with Gasteiger partial charge in [-0.15, -0.1) is 6.42 Å². The minimum Gasteiger partial charge on any atom is -0.508 e. The maximum atomic E-state index is 16.4. The molecule has 2 aliphatic carbocycles. The molecule has 7 rings (SSSR count). The van der Waals surface area contributed by atoms with Crippen LogP contribution in [0.25, 0.3) is 32.9 Å². The highest BCUT2D eigenvalue weighted by molar-refractivity contribution is 6.02. The topological polar surface area (TPSA) is 63.0 Å². The third-order valence-electron chi connectivity index (χ3n) is 7.95. The lowest BCUT2D eigenvalue weighted by Gasteiger charge is -2.12. The van der Waals surface area contributed by atoms with Gasteiger partial charge in [-0.2, -0.15) is 5.10 Å². The summed E-state index contributed by atoms with van der Waals surface area (Å²) in [4.78, 5) is 4.50. The highest BCUT2D eigenvalue weighted by Gasteiger charge is 2.55. The zero-order valence-electron chi connectivity index (χ0n) is 18.5. The van der Waals surface area contributed by atoms with Crippen LogP contribution in [0.1, 0.15) is 36.6 Å². The Hall–Kier alpha value is -3.50. The van der Waals surface area contributed by atoms with E-state index in [0.29, 0.717) is 40.0 Å². The summed E-state index contributed by atoms with van der Waals surface area (Å²) in [5.74, 6) is 3.08. The van der Waals surface area contributed by atoms with Gasteiger partial charge in [0, 0.05) is 28.5 Å². The second-order valence-corrected chi connectivity index (χ2v) is 9.96. The maximum absolute atomic E-state index is 16.4. The molecule has 3 unspecified atom stereocenters. The zero-order chi connectivity index (χ0) is 23.3. The molecule has 4 aromatic rings. The second kappa shape index (κ2) is 6.77. The molecule has 0 bridgehead atoms. The summed E-state index contributed by atoms with van der Waals surface area (Å²) >= 11 is 0. The van der Waals surface area contributed by atoms with Gasteiger partial charge >= 0.3 is 0 Å². The fourth-order valence-electron chi connectivity index (χ4n) is 6.00. The molecule has 1 aliphatic heterocycles. The van der Waals surface area contributed by atoms with Crippen molar-refractivity contribution in [1.82, 2.24) is 20.1 Å². The lowest BCUT2D eigenvalue weighted by molar-refractivity contribution is 0.476. The first-order valence-corrected chi connectivity index (χ1v) is 11.7.